The van der Waals surface area contributed by atoms with Gasteiger partial charge in [-0.15, -0.1) is 0 Å². The van der Waals surface area contributed by atoms with Crippen molar-refractivity contribution in [1.29, 1.82) is 0 Å². The summed E-state index contributed by atoms with van der Waals surface area (Å²) in [7, 11) is 0. The van der Waals surface area contributed by atoms with E-state index in [9.17, 15) is 0 Å². The molecule has 2 fully saturated rings. The summed E-state index contributed by atoms with van der Waals surface area (Å²) >= 11 is 6.28. The molecule has 1 aromatic rings. The smallest absolute Gasteiger partial charge is 0.0667 e. The van der Waals surface area contributed by atoms with Crippen LogP contribution in [-0.2, 0) is 6.42 Å². The molecular weight excluding hydrogens is 244 g/mol. The number of anilines is 1. The number of benzene rings is 1. The molecule has 3 rings (SSSR count). The molecule has 2 saturated heterocycles. The van der Waals surface area contributed by atoms with Gasteiger partial charge in [0.1, 0.15) is 0 Å². The summed E-state index contributed by atoms with van der Waals surface area (Å²) < 4.78 is 0. The molecule has 0 amide bonds. The maximum atomic E-state index is 6.28. The maximum Gasteiger partial charge on any atom is 0.0667 e. The van der Waals surface area contributed by atoms with Crippen LogP contribution in [0.25, 0.3) is 0 Å². The van der Waals surface area contributed by atoms with Crippen LogP contribution in [0.15, 0.2) is 18.2 Å². The number of hydrogen-bond donors (Lipinski definition) is 1. The van der Waals surface area contributed by atoms with E-state index < -0.39 is 0 Å². The van der Waals surface area contributed by atoms with Crippen LogP contribution in [-0.4, -0.2) is 23.5 Å². The van der Waals surface area contributed by atoms with Crippen molar-refractivity contribution in [2.75, 3.05) is 18.8 Å². The Labute approximate surface area is 114 Å². The van der Waals surface area contributed by atoms with E-state index in [2.05, 4.69) is 11.0 Å². The third-order valence-electron chi connectivity index (χ3n) is 4.78. The minimum Gasteiger partial charge on any atom is -0.398 e. The van der Waals surface area contributed by atoms with Gasteiger partial charge in [0, 0.05) is 5.54 Å². The van der Waals surface area contributed by atoms with Crippen LogP contribution in [0.5, 0.6) is 0 Å². The van der Waals surface area contributed by atoms with Crippen LogP contribution in [0.2, 0.25) is 5.02 Å². The largest absolute Gasteiger partial charge is 0.398 e. The van der Waals surface area contributed by atoms with Gasteiger partial charge in [-0.3, -0.25) is 4.90 Å². The van der Waals surface area contributed by atoms with Gasteiger partial charge in [0.2, 0.25) is 0 Å². The molecule has 2 aliphatic heterocycles. The lowest BCUT2D eigenvalue weighted by molar-refractivity contribution is 0.182. The lowest BCUT2D eigenvalue weighted by Crippen LogP contribution is -2.38. The van der Waals surface area contributed by atoms with Crippen LogP contribution in [0.1, 0.15) is 37.7 Å². The van der Waals surface area contributed by atoms with E-state index in [1.165, 1.54) is 50.8 Å². The molecule has 0 saturated carbocycles. The van der Waals surface area contributed by atoms with Crippen molar-refractivity contribution in [3.05, 3.63) is 28.8 Å². The standard InChI is InChI=1S/C15H21ClN2/c16-14-12(4-1-5-13(14)17)6-9-15-7-2-10-18(15)11-3-8-15/h1,4-5H,2-3,6-11,17H2. The topological polar surface area (TPSA) is 29.3 Å². The van der Waals surface area contributed by atoms with Gasteiger partial charge >= 0.3 is 0 Å². The molecule has 0 unspecified atom stereocenters. The number of halogens is 1. The highest BCUT2D eigenvalue weighted by Crippen LogP contribution is 2.42. The van der Waals surface area contributed by atoms with Crippen molar-refractivity contribution in [2.24, 2.45) is 0 Å². The predicted octanol–water partition coefficient (Wildman–Crippen LogP) is 3.48. The minimum absolute atomic E-state index is 0.480. The summed E-state index contributed by atoms with van der Waals surface area (Å²) in [6, 6.07) is 6.00. The van der Waals surface area contributed by atoms with Gasteiger partial charge in [-0.2, -0.15) is 0 Å². The molecule has 18 heavy (non-hydrogen) atoms. The zero-order valence-corrected chi connectivity index (χ0v) is 11.5. The van der Waals surface area contributed by atoms with Gasteiger partial charge in [0.05, 0.1) is 10.7 Å². The highest BCUT2D eigenvalue weighted by atomic mass is 35.5. The summed E-state index contributed by atoms with van der Waals surface area (Å²) in [4.78, 5) is 2.70. The lowest BCUT2D eigenvalue weighted by atomic mass is 9.87. The number of fused-ring (bicyclic) bond motifs is 1. The second kappa shape index (κ2) is 4.75. The minimum atomic E-state index is 0.480. The number of nitrogen functional groups attached to an aromatic ring is 1. The Hall–Kier alpha value is -0.730. The van der Waals surface area contributed by atoms with Gasteiger partial charge in [-0.1, -0.05) is 23.7 Å². The Bertz CT molecular complexity index is 434. The molecule has 3 heteroatoms. The zero-order valence-electron chi connectivity index (χ0n) is 10.8. The van der Waals surface area contributed by atoms with Gasteiger partial charge < -0.3 is 5.73 Å². The predicted molar refractivity (Wildman–Crippen MR) is 77.0 cm³/mol. The average molecular weight is 265 g/mol. The number of nitrogens with two attached hydrogens (primary N) is 1. The summed E-state index contributed by atoms with van der Waals surface area (Å²) in [5.41, 5.74) is 8.27. The fourth-order valence-electron chi connectivity index (χ4n) is 3.79. The second-order valence-corrected chi connectivity index (χ2v) is 6.12. The number of nitrogens with zero attached hydrogens (tertiary/aromatic N) is 1. The Balaban J connectivity index is 1.72. The van der Waals surface area contributed by atoms with E-state index in [0.29, 0.717) is 11.2 Å². The highest BCUT2D eigenvalue weighted by Gasteiger charge is 2.43. The van der Waals surface area contributed by atoms with Crippen molar-refractivity contribution in [3.8, 4) is 0 Å². The van der Waals surface area contributed by atoms with E-state index in [4.69, 9.17) is 17.3 Å². The molecule has 0 spiro atoms. The monoisotopic (exact) mass is 264 g/mol. The van der Waals surface area contributed by atoms with E-state index >= 15 is 0 Å². The fourth-order valence-corrected chi connectivity index (χ4v) is 4.01. The molecular formula is C15H21ClN2. The first-order chi connectivity index (χ1) is 8.71. The summed E-state index contributed by atoms with van der Waals surface area (Å²) in [5, 5.41) is 0.761. The molecule has 98 valence electrons. The van der Waals surface area contributed by atoms with E-state index in [-0.39, 0.29) is 0 Å². The first-order valence-corrected chi connectivity index (χ1v) is 7.37. The molecule has 2 N–H and O–H groups in total. The third kappa shape index (κ3) is 2.02. The highest BCUT2D eigenvalue weighted by molar-refractivity contribution is 6.33. The molecule has 2 heterocycles. The van der Waals surface area contributed by atoms with E-state index in [1.54, 1.807) is 0 Å². The van der Waals surface area contributed by atoms with Crippen LogP contribution in [0, 0.1) is 0 Å². The first kappa shape index (κ1) is 12.3. The van der Waals surface area contributed by atoms with Crippen LogP contribution in [0.4, 0.5) is 5.69 Å². The third-order valence-corrected chi connectivity index (χ3v) is 5.24. The molecule has 0 bridgehead atoms. The van der Waals surface area contributed by atoms with Crippen LogP contribution in [0.3, 0.4) is 0 Å². The summed E-state index contributed by atoms with van der Waals surface area (Å²) in [6.45, 7) is 2.59. The van der Waals surface area contributed by atoms with Gasteiger partial charge in [-0.25, -0.2) is 0 Å². The lowest BCUT2D eigenvalue weighted by Gasteiger charge is -2.32. The van der Waals surface area contributed by atoms with Gasteiger partial charge in [0.15, 0.2) is 0 Å². The van der Waals surface area contributed by atoms with Crippen molar-refractivity contribution < 1.29 is 0 Å². The van der Waals surface area contributed by atoms with E-state index in [0.717, 1.165) is 11.4 Å². The Kier molecular flexibility index (Phi) is 3.25. The van der Waals surface area contributed by atoms with Crippen molar-refractivity contribution in [1.82, 2.24) is 4.90 Å². The molecule has 0 aromatic heterocycles. The fraction of sp³-hybridized carbons (Fsp3) is 0.600. The zero-order chi connectivity index (χ0) is 12.6. The maximum absolute atomic E-state index is 6.28. The number of hydrogen-bond acceptors (Lipinski definition) is 2. The number of aryl methyl sites for hydroxylation is 1. The molecule has 0 radical (unpaired) electrons. The van der Waals surface area contributed by atoms with E-state index in [1.807, 2.05) is 12.1 Å². The quantitative estimate of drug-likeness (QED) is 0.847. The van der Waals surface area contributed by atoms with Gasteiger partial charge in [0.25, 0.3) is 0 Å². The normalized spacial score (nSPS) is 22.3. The van der Waals surface area contributed by atoms with Crippen molar-refractivity contribution >= 4 is 17.3 Å². The molecule has 0 aliphatic carbocycles. The molecule has 1 aromatic carbocycles. The molecule has 0 atom stereocenters. The Morgan fingerprint density at radius 3 is 2.67 bits per heavy atom. The first-order valence-electron chi connectivity index (χ1n) is 6.99. The second-order valence-electron chi connectivity index (χ2n) is 5.74. The summed E-state index contributed by atoms with van der Waals surface area (Å²) in [6.07, 6.45) is 7.76. The Morgan fingerprint density at radius 2 is 1.94 bits per heavy atom. The van der Waals surface area contributed by atoms with Crippen molar-refractivity contribution in [2.45, 2.75) is 44.1 Å². The molecule has 2 aliphatic rings. The van der Waals surface area contributed by atoms with Crippen LogP contribution < -0.4 is 5.73 Å². The van der Waals surface area contributed by atoms with Crippen molar-refractivity contribution in [3.63, 3.8) is 0 Å². The number of rotatable bonds is 3. The van der Waals surface area contributed by atoms with Gasteiger partial charge in [-0.05, 0) is 63.2 Å². The average Bonchev–Trinajstić information content (AvgIpc) is 2.90. The summed E-state index contributed by atoms with van der Waals surface area (Å²) in [5.74, 6) is 0. The Morgan fingerprint density at radius 1 is 1.22 bits per heavy atom. The molecule has 2 nitrogen and oxygen atoms in total. The SMILES string of the molecule is Nc1cccc(CCC23CCCN2CCC3)c1Cl. The van der Waals surface area contributed by atoms with Crippen LogP contribution >= 0.6 is 11.6 Å².